The van der Waals surface area contributed by atoms with Gasteiger partial charge in [-0.05, 0) is 24.5 Å². The van der Waals surface area contributed by atoms with Gasteiger partial charge in [-0.15, -0.1) is 0 Å². The summed E-state index contributed by atoms with van der Waals surface area (Å²) in [5, 5.41) is 0. The van der Waals surface area contributed by atoms with E-state index in [4.69, 9.17) is 13.7 Å². The Morgan fingerprint density at radius 1 is 1.30 bits per heavy atom. The Kier molecular flexibility index (Phi) is 6.45. The third-order valence-corrected chi connectivity index (χ3v) is 6.33. The molecule has 0 bridgehead atoms. The number of hydrogen-bond donors (Lipinski definition) is 3. The van der Waals surface area contributed by atoms with Gasteiger partial charge in [0.2, 0.25) is 11.2 Å². The number of carbonyl (C=O) groups excluding carboxylic acids is 3. The van der Waals surface area contributed by atoms with Gasteiger partial charge in [0, 0.05) is 30.3 Å². The molecule has 3 N–H and O–H groups in total. The van der Waals surface area contributed by atoms with Gasteiger partial charge in [0.05, 0.1) is 12.0 Å². The van der Waals surface area contributed by atoms with Gasteiger partial charge in [-0.2, -0.15) is 0 Å². The molecule has 3 aliphatic rings. The van der Waals surface area contributed by atoms with E-state index in [1.165, 1.54) is 6.08 Å². The molecule has 0 aromatic rings. The Bertz CT molecular complexity index is 808. The van der Waals surface area contributed by atoms with Gasteiger partial charge in [0.25, 0.3) is 0 Å². The predicted octanol–water partition coefficient (Wildman–Crippen LogP) is 3.12. The zero-order valence-electron chi connectivity index (χ0n) is 17.4. The van der Waals surface area contributed by atoms with Crippen LogP contribution < -0.4 is 0 Å². The van der Waals surface area contributed by atoms with E-state index < -0.39 is 53.1 Å². The lowest BCUT2D eigenvalue weighted by Crippen LogP contribution is -2.37. The highest BCUT2D eigenvalue weighted by atomic mass is 32.3. The number of carbonyl (C=O) groups is 3. The lowest BCUT2D eigenvalue weighted by molar-refractivity contribution is -0.145. The maximum Gasteiger partial charge on any atom is 0.309 e. The predicted molar refractivity (Wildman–Crippen MR) is 107 cm³/mol. The molecule has 9 nitrogen and oxygen atoms in total. The van der Waals surface area contributed by atoms with Crippen molar-refractivity contribution in [1.82, 2.24) is 0 Å². The second-order valence-corrected chi connectivity index (χ2v) is 9.71. The second-order valence-electron chi connectivity index (χ2n) is 8.58. The van der Waals surface area contributed by atoms with Crippen LogP contribution in [0.25, 0.3) is 0 Å². The van der Waals surface area contributed by atoms with Gasteiger partial charge in [-0.25, -0.2) is 0 Å². The molecule has 10 heteroatoms. The van der Waals surface area contributed by atoms with E-state index in [1.807, 2.05) is 13.8 Å². The summed E-state index contributed by atoms with van der Waals surface area (Å²) in [6.07, 6.45) is -0.115. The fourth-order valence-electron chi connectivity index (χ4n) is 4.61. The highest BCUT2D eigenvalue weighted by Gasteiger charge is 2.56. The van der Waals surface area contributed by atoms with Crippen LogP contribution in [-0.2, 0) is 28.0 Å². The number of fused-ring (bicyclic) bond motifs is 3. The molecule has 1 heterocycles. The van der Waals surface area contributed by atoms with Crippen LogP contribution in [0.5, 0.6) is 0 Å². The van der Waals surface area contributed by atoms with Crippen LogP contribution in [-0.4, -0.2) is 50.2 Å². The molecule has 1 saturated heterocycles. The number of ether oxygens (including phenoxy) is 2. The van der Waals surface area contributed by atoms with E-state index in [0.717, 1.165) is 0 Å². The standard InChI is InChI=1S/C20H28O9S/c1-9(2)5-15(22)27-8-12-7-14(29-30(24,25)26)17-11(4)20(23)28-19(17)16-10(3)6-13(21)18(12)16/h6,9,11,14,16-17,19,24-26H,5,7-8H2,1-4H3/t11-,14-,16-,17+,19+/m0/s1. The zero-order chi connectivity index (χ0) is 22.4. The highest BCUT2D eigenvalue weighted by Crippen LogP contribution is 2.51. The Morgan fingerprint density at radius 3 is 2.57 bits per heavy atom. The average Bonchev–Trinajstić information content (AvgIpc) is 2.99. The molecule has 0 unspecified atom stereocenters. The van der Waals surface area contributed by atoms with Crippen molar-refractivity contribution in [2.75, 3.05) is 6.61 Å². The molecule has 0 amide bonds. The summed E-state index contributed by atoms with van der Waals surface area (Å²) in [5.74, 6) is -2.87. The molecule has 0 spiro atoms. The van der Waals surface area contributed by atoms with Crippen LogP contribution in [0.3, 0.4) is 0 Å². The van der Waals surface area contributed by atoms with Crippen LogP contribution in [0.1, 0.15) is 40.5 Å². The Morgan fingerprint density at radius 2 is 1.97 bits per heavy atom. The normalized spacial score (nSPS) is 31.9. The van der Waals surface area contributed by atoms with Gasteiger partial charge in [-0.1, -0.05) is 26.3 Å². The minimum absolute atomic E-state index is 0.0216. The minimum Gasteiger partial charge on any atom is -0.461 e. The maximum absolute atomic E-state index is 12.7. The van der Waals surface area contributed by atoms with Gasteiger partial charge >= 0.3 is 11.9 Å². The van der Waals surface area contributed by atoms with Crippen LogP contribution in [0, 0.1) is 23.7 Å². The molecule has 0 saturated carbocycles. The SMILES string of the molecule is CC1=CC(=O)C2=C(COC(=O)CC(C)C)C[C@H](OS(O)(O)O)[C@@H]3[C@H](OC(=O)[C@H]3C)[C@@H]12. The van der Waals surface area contributed by atoms with Crippen LogP contribution in [0.4, 0.5) is 0 Å². The van der Waals surface area contributed by atoms with Crippen molar-refractivity contribution >= 4 is 28.9 Å². The molecule has 2 aliphatic carbocycles. The molecular formula is C20H28O9S. The van der Waals surface area contributed by atoms with E-state index in [-0.39, 0.29) is 31.1 Å². The Balaban J connectivity index is 1.99. The van der Waals surface area contributed by atoms with E-state index >= 15 is 0 Å². The van der Waals surface area contributed by atoms with E-state index in [9.17, 15) is 28.0 Å². The zero-order valence-corrected chi connectivity index (χ0v) is 18.2. The van der Waals surface area contributed by atoms with Crippen LogP contribution >= 0.6 is 11.2 Å². The summed E-state index contributed by atoms with van der Waals surface area (Å²) >= 11 is -4.34. The van der Waals surface area contributed by atoms with E-state index in [2.05, 4.69) is 0 Å². The summed E-state index contributed by atoms with van der Waals surface area (Å²) in [5.41, 5.74) is 1.54. The largest absolute Gasteiger partial charge is 0.461 e. The molecule has 5 atom stereocenters. The van der Waals surface area contributed by atoms with Crippen molar-refractivity contribution in [3.63, 3.8) is 0 Å². The van der Waals surface area contributed by atoms with Gasteiger partial charge in [0.1, 0.15) is 12.7 Å². The van der Waals surface area contributed by atoms with Crippen LogP contribution in [0.2, 0.25) is 0 Å². The van der Waals surface area contributed by atoms with E-state index in [0.29, 0.717) is 16.7 Å². The number of allylic oxidation sites excluding steroid dienone is 1. The average molecular weight is 445 g/mol. The lowest BCUT2D eigenvalue weighted by Gasteiger charge is -2.32. The number of ketones is 1. The fourth-order valence-corrected chi connectivity index (χ4v) is 5.14. The van der Waals surface area contributed by atoms with Crippen molar-refractivity contribution in [3.8, 4) is 0 Å². The molecule has 0 radical (unpaired) electrons. The Labute approximate surface area is 176 Å². The fraction of sp³-hybridized carbons (Fsp3) is 0.650. The smallest absolute Gasteiger partial charge is 0.309 e. The summed E-state index contributed by atoms with van der Waals surface area (Å²) < 4.78 is 44.6. The summed E-state index contributed by atoms with van der Waals surface area (Å²) in [6, 6.07) is 0. The molecule has 0 aromatic carbocycles. The minimum atomic E-state index is -4.34. The van der Waals surface area contributed by atoms with Crippen molar-refractivity contribution in [2.45, 2.75) is 52.7 Å². The second kappa shape index (κ2) is 8.43. The first-order valence-electron chi connectivity index (χ1n) is 9.88. The molecule has 168 valence electrons. The lowest BCUT2D eigenvalue weighted by atomic mass is 9.80. The molecule has 3 rings (SSSR count). The van der Waals surface area contributed by atoms with Gasteiger partial charge in [0.15, 0.2) is 5.78 Å². The van der Waals surface area contributed by atoms with Crippen LogP contribution in [0.15, 0.2) is 22.8 Å². The van der Waals surface area contributed by atoms with Gasteiger partial charge < -0.3 is 9.47 Å². The molecular weight excluding hydrogens is 416 g/mol. The van der Waals surface area contributed by atoms with Crippen molar-refractivity contribution in [1.29, 1.82) is 0 Å². The third kappa shape index (κ3) is 4.62. The third-order valence-electron chi connectivity index (χ3n) is 5.83. The highest BCUT2D eigenvalue weighted by molar-refractivity contribution is 8.15. The summed E-state index contributed by atoms with van der Waals surface area (Å²) in [7, 11) is 0. The maximum atomic E-state index is 12.7. The number of rotatable bonds is 6. The van der Waals surface area contributed by atoms with Crippen molar-refractivity contribution < 1.29 is 41.7 Å². The first kappa shape index (κ1) is 23.0. The first-order valence-corrected chi connectivity index (χ1v) is 11.3. The first-order chi connectivity index (χ1) is 13.9. The quantitative estimate of drug-likeness (QED) is 0.527. The molecule has 1 aliphatic heterocycles. The summed E-state index contributed by atoms with van der Waals surface area (Å²) in [4.78, 5) is 37.1. The van der Waals surface area contributed by atoms with Crippen molar-refractivity contribution in [3.05, 3.63) is 22.8 Å². The number of hydrogen-bond acceptors (Lipinski definition) is 9. The molecule has 0 aromatic heterocycles. The molecule has 30 heavy (non-hydrogen) atoms. The van der Waals surface area contributed by atoms with Crippen molar-refractivity contribution in [2.24, 2.45) is 23.7 Å². The topological polar surface area (TPSA) is 140 Å². The summed E-state index contributed by atoms with van der Waals surface area (Å²) in [6.45, 7) is 6.98. The monoisotopic (exact) mass is 444 g/mol. The van der Waals surface area contributed by atoms with Gasteiger partial charge in [-0.3, -0.25) is 32.2 Å². The Hall–Kier alpha value is -1.72. The van der Waals surface area contributed by atoms with E-state index in [1.54, 1.807) is 13.8 Å². The number of esters is 2. The molecule has 1 fully saturated rings.